The van der Waals surface area contributed by atoms with Crippen LogP contribution in [0.4, 0.5) is 11.4 Å². The van der Waals surface area contributed by atoms with Gasteiger partial charge in [0.1, 0.15) is 5.75 Å². The zero-order chi connectivity index (χ0) is 19.3. The molecule has 0 aliphatic carbocycles. The molecule has 0 atom stereocenters. The molecule has 0 spiro atoms. The van der Waals surface area contributed by atoms with Gasteiger partial charge in [-0.15, -0.1) is 11.3 Å². The van der Waals surface area contributed by atoms with Crippen molar-refractivity contribution in [2.24, 2.45) is 0 Å². The molecular weight excluding hydrogens is 388 g/mol. The number of methoxy groups -OCH3 is 1. The Balaban J connectivity index is 1.41. The van der Waals surface area contributed by atoms with Gasteiger partial charge in [0.05, 0.1) is 7.11 Å². The zero-order valence-corrected chi connectivity index (χ0v) is 17.1. The summed E-state index contributed by atoms with van der Waals surface area (Å²) in [4.78, 5) is 0. The van der Waals surface area contributed by atoms with E-state index in [-0.39, 0.29) is 0 Å². The van der Waals surface area contributed by atoms with Gasteiger partial charge in [0.2, 0.25) is 0 Å². The van der Waals surface area contributed by atoms with Crippen LogP contribution in [0.15, 0.2) is 72.1 Å². The Hall–Kier alpha value is -2.69. The lowest BCUT2D eigenvalue weighted by Gasteiger charge is -2.11. The quantitative estimate of drug-likeness (QED) is 0.353. The van der Waals surface area contributed by atoms with Crippen molar-refractivity contribution in [3.63, 3.8) is 0 Å². The molecule has 0 amide bonds. The largest absolute Gasteiger partial charge is 0.497 e. The summed E-state index contributed by atoms with van der Waals surface area (Å²) in [6.07, 6.45) is 0. The van der Waals surface area contributed by atoms with Crippen LogP contribution in [-0.2, 0) is 13.1 Å². The minimum atomic E-state index is 0.744. The summed E-state index contributed by atoms with van der Waals surface area (Å²) in [5.41, 5.74) is 4.60. The topological polar surface area (TPSA) is 33.3 Å². The summed E-state index contributed by atoms with van der Waals surface area (Å²) < 4.78 is 6.55. The van der Waals surface area contributed by atoms with Gasteiger partial charge in [-0.3, -0.25) is 0 Å². The Labute approximate surface area is 173 Å². The molecule has 142 valence electrons. The average Bonchev–Trinajstić information content (AvgIpc) is 3.13. The molecule has 28 heavy (non-hydrogen) atoms. The van der Waals surface area contributed by atoms with Gasteiger partial charge in [0, 0.05) is 34.2 Å². The molecule has 2 N–H and O–H groups in total. The zero-order valence-electron chi connectivity index (χ0n) is 15.5. The monoisotopic (exact) mass is 408 g/mol. The van der Waals surface area contributed by atoms with Crippen molar-refractivity contribution in [1.82, 2.24) is 0 Å². The second-order valence-corrected chi connectivity index (χ2v) is 7.89. The van der Waals surface area contributed by atoms with Gasteiger partial charge in [-0.05, 0) is 70.4 Å². The molecule has 0 aliphatic heterocycles. The summed E-state index contributed by atoms with van der Waals surface area (Å²) in [5.74, 6) is 0.873. The minimum absolute atomic E-state index is 0.744. The van der Waals surface area contributed by atoms with Crippen LogP contribution in [0.25, 0.3) is 10.1 Å². The maximum atomic E-state index is 6.16. The van der Waals surface area contributed by atoms with E-state index in [2.05, 4.69) is 52.4 Å². The smallest absolute Gasteiger partial charge is 0.119 e. The molecule has 0 saturated carbocycles. The van der Waals surface area contributed by atoms with E-state index in [1.807, 2.05) is 30.3 Å². The van der Waals surface area contributed by atoms with Crippen molar-refractivity contribution >= 4 is 44.4 Å². The van der Waals surface area contributed by atoms with Crippen LogP contribution in [0.3, 0.4) is 0 Å². The molecule has 0 saturated heterocycles. The van der Waals surface area contributed by atoms with Gasteiger partial charge < -0.3 is 15.4 Å². The SMILES string of the molecule is COc1cccc(CNc2cccc(NCc3csc4ccc(Cl)cc34)c2)c1. The molecule has 4 rings (SSSR count). The van der Waals surface area contributed by atoms with Crippen molar-refractivity contribution in [3.8, 4) is 5.75 Å². The first-order valence-corrected chi connectivity index (χ1v) is 10.3. The Bertz CT molecular complexity index is 1090. The lowest BCUT2D eigenvalue weighted by molar-refractivity contribution is 0.414. The minimum Gasteiger partial charge on any atom is -0.497 e. The molecule has 0 bridgehead atoms. The van der Waals surface area contributed by atoms with E-state index in [4.69, 9.17) is 16.3 Å². The molecule has 3 aromatic carbocycles. The van der Waals surface area contributed by atoms with E-state index in [0.29, 0.717) is 0 Å². The van der Waals surface area contributed by atoms with E-state index in [1.54, 1.807) is 18.4 Å². The third-order valence-electron chi connectivity index (χ3n) is 4.59. The number of fused-ring (bicyclic) bond motifs is 1. The van der Waals surface area contributed by atoms with Gasteiger partial charge in [0.15, 0.2) is 0 Å². The summed E-state index contributed by atoms with van der Waals surface area (Å²) in [6.45, 7) is 1.51. The van der Waals surface area contributed by atoms with Crippen molar-refractivity contribution < 1.29 is 4.74 Å². The molecule has 5 heteroatoms. The number of anilines is 2. The van der Waals surface area contributed by atoms with Crippen molar-refractivity contribution in [2.75, 3.05) is 17.7 Å². The van der Waals surface area contributed by atoms with E-state index < -0.39 is 0 Å². The fourth-order valence-electron chi connectivity index (χ4n) is 3.11. The predicted molar refractivity (Wildman–Crippen MR) is 121 cm³/mol. The Kier molecular flexibility index (Phi) is 5.70. The number of rotatable bonds is 7. The lowest BCUT2D eigenvalue weighted by Crippen LogP contribution is -2.02. The summed E-state index contributed by atoms with van der Waals surface area (Å²) in [5, 5.41) is 11.2. The van der Waals surface area contributed by atoms with Gasteiger partial charge in [-0.2, -0.15) is 0 Å². The van der Waals surface area contributed by atoms with Crippen LogP contribution in [-0.4, -0.2) is 7.11 Å². The molecule has 0 aliphatic rings. The highest BCUT2D eigenvalue weighted by atomic mass is 35.5. The maximum absolute atomic E-state index is 6.16. The van der Waals surface area contributed by atoms with Crippen LogP contribution >= 0.6 is 22.9 Å². The van der Waals surface area contributed by atoms with E-state index in [9.17, 15) is 0 Å². The van der Waals surface area contributed by atoms with E-state index >= 15 is 0 Å². The number of hydrogen-bond donors (Lipinski definition) is 2. The van der Waals surface area contributed by atoms with E-state index in [0.717, 1.165) is 35.2 Å². The van der Waals surface area contributed by atoms with E-state index in [1.165, 1.54) is 21.2 Å². The van der Waals surface area contributed by atoms with Crippen molar-refractivity contribution in [3.05, 3.63) is 88.3 Å². The van der Waals surface area contributed by atoms with Crippen molar-refractivity contribution in [2.45, 2.75) is 13.1 Å². The van der Waals surface area contributed by atoms with Crippen LogP contribution in [0.1, 0.15) is 11.1 Å². The Morgan fingerprint density at radius 3 is 2.50 bits per heavy atom. The summed E-state index contributed by atoms with van der Waals surface area (Å²) in [7, 11) is 1.69. The number of benzene rings is 3. The van der Waals surface area contributed by atoms with Crippen molar-refractivity contribution in [1.29, 1.82) is 0 Å². The highest BCUT2D eigenvalue weighted by molar-refractivity contribution is 7.17. The molecule has 3 nitrogen and oxygen atoms in total. The number of halogens is 1. The molecule has 0 unspecified atom stereocenters. The van der Waals surface area contributed by atoms with Gasteiger partial charge in [0.25, 0.3) is 0 Å². The lowest BCUT2D eigenvalue weighted by atomic mass is 10.1. The molecule has 0 radical (unpaired) electrons. The highest BCUT2D eigenvalue weighted by Gasteiger charge is 2.05. The molecular formula is C23H21ClN2OS. The third-order valence-corrected chi connectivity index (χ3v) is 5.84. The fraction of sp³-hybridized carbons (Fsp3) is 0.130. The first-order valence-electron chi connectivity index (χ1n) is 9.07. The second kappa shape index (κ2) is 8.55. The normalized spacial score (nSPS) is 10.8. The van der Waals surface area contributed by atoms with Gasteiger partial charge in [-0.1, -0.05) is 29.8 Å². The Morgan fingerprint density at radius 1 is 0.893 bits per heavy atom. The van der Waals surface area contributed by atoms with Crippen LogP contribution < -0.4 is 15.4 Å². The summed E-state index contributed by atoms with van der Waals surface area (Å²) >= 11 is 7.91. The number of nitrogens with one attached hydrogen (secondary N) is 2. The highest BCUT2D eigenvalue weighted by Crippen LogP contribution is 2.29. The van der Waals surface area contributed by atoms with Crippen LogP contribution in [0.2, 0.25) is 5.02 Å². The molecule has 4 aromatic rings. The standard InChI is InChI=1S/C23H21ClN2OS/c1-27-21-7-2-4-16(10-21)13-25-19-5-3-6-20(12-19)26-14-17-15-28-23-9-8-18(24)11-22(17)23/h2-12,15,25-26H,13-14H2,1H3. The van der Waals surface area contributed by atoms with Gasteiger partial charge >= 0.3 is 0 Å². The maximum Gasteiger partial charge on any atom is 0.119 e. The fourth-order valence-corrected chi connectivity index (χ4v) is 4.23. The first kappa shape index (κ1) is 18.7. The molecule has 1 aromatic heterocycles. The predicted octanol–water partition coefficient (Wildman–Crippen LogP) is 6.79. The Morgan fingerprint density at radius 2 is 1.68 bits per heavy atom. The molecule has 1 heterocycles. The number of thiophene rings is 1. The third kappa shape index (κ3) is 4.41. The summed E-state index contributed by atoms with van der Waals surface area (Å²) in [6, 6.07) is 22.5. The first-order chi connectivity index (χ1) is 13.7. The van der Waals surface area contributed by atoms with Gasteiger partial charge in [-0.25, -0.2) is 0 Å². The molecule has 0 fully saturated rings. The number of hydrogen-bond acceptors (Lipinski definition) is 4. The number of ether oxygens (including phenoxy) is 1. The van der Waals surface area contributed by atoms with Crippen LogP contribution in [0.5, 0.6) is 5.75 Å². The van der Waals surface area contributed by atoms with Crippen LogP contribution in [0, 0.1) is 0 Å². The average molecular weight is 409 g/mol. The second-order valence-electron chi connectivity index (χ2n) is 6.54.